The number of nitrogens with one attached hydrogen (secondary N) is 2. The topological polar surface area (TPSA) is 40.3 Å². The highest BCUT2D eigenvalue weighted by atomic mass is 35.5. The van der Waals surface area contributed by atoms with Crippen molar-refractivity contribution in [1.82, 2.24) is 15.2 Å². The monoisotopic (exact) mass is 333 g/mol. The second kappa shape index (κ2) is 9.41. The SMILES string of the molecule is Cl.S=C(NCCCN1CCOCC1)c1ccc[nH]c1=S. The molecule has 0 unspecified atom stereocenters. The third-order valence-electron chi connectivity index (χ3n) is 3.10. The molecular weight excluding hydrogens is 314 g/mol. The van der Waals surface area contributed by atoms with Gasteiger partial charge in [-0.1, -0.05) is 24.4 Å². The lowest BCUT2D eigenvalue weighted by Crippen LogP contribution is -2.38. The molecule has 0 atom stereocenters. The lowest BCUT2D eigenvalue weighted by Gasteiger charge is -2.26. The standard InChI is InChI=1S/C13H19N3OS2.ClH/c18-12-11(3-1-4-14-12)13(19)15-5-2-6-16-7-9-17-10-8-16;/h1,3-4H,2,5-10H2,(H,14,18)(H,15,19);1H. The van der Waals surface area contributed by atoms with E-state index in [0.717, 1.165) is 56.4 Å². The van der Waals surface area contributed by atoms with Crippen LogP contribution in [0.4, 0.5) is 0 Å². The predicted molar refractivity (Wildman–Crippen MR) is 90.5 cm³/mol. The minimum atomic E-state index is 0. The minimum Gasteiger partial charge on any atom is -0.379 e. The first-order valence-electron chi connectivity index (χ1n) is 6.53. The molecule has 2 N–H and O–H groups in total. The Hall–Kier alpha value is -0.530. The maximum absolute atomic E-state index is 5.35. The number of rotatable bonds is 5. The van der Waals surface area contributed by atoms with Crippen LogP contribution in [0, 0.1) is 4.64 Å². The largest absolute Gasteiger partial charge is 0.379 e. The van der Waals surface area contributed by atoms with Gasteiger partial charge in [-0.05, 0) is 25.1 Å². The summed E-state index contributed by atoms with van der Waals surface area (Å²) in [5, 5.41) is 3.27. The highest BCUT2D eigenvalue weighted by Crippen LogP contribution is 2.01. The number of morpholine rings is 1. The molecule has 0 bridgehead atoms. The van der Waals surface area contributed by atoms with Crippen molar-refractivity contribution in [1.29, 1.82) is 0 Å². The fraction of sp³-hybridized carbons (Fsp3) is 0.538. The van der Waals surface area contributed by atoms with Crippen LogP contribution < -0.4 is 5.32 Å². The molecule has 112 valence electrons. The van der Waals surface area contributed by atoms with Crippen molar-refractivity contribution >= 4 is 41.8 Å². The highest BCUT2D eigenvalue weighted by molar-refractivity contribution is 7.80. The van der Waals surface area contributed by atoms with Crippen molar-refractivity contribution in [2.24, 2.45) is 0 Å². The van der Waals surface area contributed by atoms with E-state index in [-0.39, 0.29) is 12.4 Å². The Kier molecular flexibility index (Phi) is 8.25. The van der Waals surface area contributed by atoms with E-state index in [2.05, 4.69) is 15.2 Å². The first-order chi connectivity index (χ1) is 9.27. The van der Waals surface area contributed by atoms with Gasteiger partial charge in [0, 0.05) is 31.4 Å². The number of halogens is 1. The summed E-state index contributed by atoms with van der Waals surface area (Å²) in [6.45, 7) is 5.74. The average Bonchev–Trinajstić information content (AvgIpc) is 2.45. The van der Waals surface area contributed by atoms with Gasteiger partial charge in [0.1, 0.15) is 9.63 Å². The van der Waals surface area contributed by atoms with Crippen LogP contribution in [0.15, 0.2) is 18.3 Å². The van der Waals surface area contributed by atoms with Crippen LogP contribution in [-0.2, 0) is 4.74 Å². The molecule has 1 aromatic rings. The summed E-state index contributed by atoms with van der Waals surface area (Å²) >= 11 is 10.6. The van der Waals surface area contributed by atoms with Gasteiger partial charge in [-0.3, -0.25) is 4.90 Å². The molecule has 20 heavy (non-hydrogen) atoms. The van der Waals surface area contributed by atoms with E-state index >= 15 is 0 Å². The number of hydrogen-bond acceptors (Lipinski definition) is 4. The third kappa shape index (κ3) is 5.46. The Morgan fingerprint density at radius 2 is 2.15 bits per heavy atom. The summed E-state index contributed by atoms with van der Waals surface area (Å²) < 4.78 is 6.01. The highest BCUT2D eigenvalue weighted by Gasteiger charge is 2.09. The molecule has 1 fully saturated rings. The summed E-state index contributed by atoms with van der Waals surface area (Å²) in [5.74, 6) is 0. The van der Waals surface area contributed by atoms with Crippen molar-refractivity contribution in [3.63, 3.8) is 0 Å². The normalized spacial score (nSPS) is 15.4. The number of thiocarbonyl (C=S) groups is 1. The molecular formula is C13H20ClN3OS2. The number of aromatic nitrogens is 1. The molecule has 4 nitrogen and oxygen atoms in total. The Morgan fingerprint density at radius 1 is 1.40 bits per heavy atom. The predicted octanol–water partition coefficient (Wildman–Crippen LogP) is 2.15. The average molecular weight is 334 g/mol. The van der Waals surface area contributed by atoms with Crippen molar-refractivity contribution in [3.8, 4) is 0 Å². The summed E-state index contributed by atoms with van der Waals surface area (Å²) in [6.07, 6.45) is 2.89. The zero-order valence-electron chi connectivity index (χ0n) is 11.3. The summed E-state index contributed by atoms with van der Waals surface area (Å²) in [6, 6.07) is 3.85. The molecule has 0 saturated carbocycles. The minimum absolute atomic E-state index is 0. The van der Waals surface area contributed by atoms with Crippen molar-refractivity contribution in [2.45, 2.75) is 6.42 Å². The first-order valence-corrected chi connectivity index (χ1v) is 7.35. The molecule has 0 spiro atoms. The fourth-order valence-electron chi connectivity index (χ4n) is 2.02. The molecule has 7 heteroatoms. The van der Waals surface area contributed by atoms with Crippen molar-refractivity contribution in [2.75, 3.05) is 39.4 Å². The van der Waals surface area contributed by atoms with Gasteiger partial charge in [0.2, 0.25) is 0 Å². The van der Waals surface area contributed by atoms with Crippen molar-refractivity contribution < 1.29 is 4.74 Å². The van der Waals surface area contributed by atoms with Crippen LogP contribution in [0.5, 0.6) is 0 Å². The van der Waals surface area contributed by atoms with Crippen LogP contribution >= 0.6 is 36.8 Å². The molecule has 1 aromatic heterocycles. The van der Waals surface area contributed by atoms with E-state index in [4.69, 9.17) is 29.2 Å². The maximum atomic E-state index is 5.35. The van der Waals surface area contributed by atoms with Gasteiger partial charge >= 0.3 is 0 Å². The quantitative estimate of drug-likeness (QED) is 0.638. The molecule has 2 rings (SSSR count). The maximum Gasteiger partial charge on any atom is 0.113 e. The smallest absolute Gasteiger partial charge is 0.113 e. The van der Waals surface area contributed by atoms with Crippen LogP contribution in [-0.4, -0.2) is 54.3 Å². The lowest BCUT2D eigenvalue weighted by molar-refractivity contribution is 0.0376. The van der Waals surface area contributed by atoms with Crippen LogP contribution in [0.2, 0.25) is 0 Å². The zero-order valence-corrected chi connectivity index (χ0v) is 13.7. The number of aromatic amines is 1. The molecule has 2 heterocycles. The third-order valence-corrected chi connectivity index (χ3v) is 3.81. The van der Waals surface area contributed by atoms with E-state index in [1.54, 1.807) is 0 Å². The second-order valence-corrected chi connectivity index (χ2v) is 5.29. The van der Waals surface area contributed by atoms with E-state index < -0.39 is 0 Å². The van der Waals surface area contributed by atoms with Gasteiger partial charge < -0.3 is 15.0 Å². The van der Waals surface area contributed by atoms with E-state index in [0.29, 0.717) is 4.64 Å². The van der Waals surface area contributed by atoms with E-state index in [9.17, 15) is 0 Å². The van der Waals surface area contributed by atoms with Gasteiger partial charge in [-0.15, -0.1) is 12.4 Å². The number of pyridine rings is 1. The van der Waals surface area contributed by atoms with Crippen molar-refractivity contribution in [3.05, 3.63) is 28.5 Å². The number of H-pyrrole nitrogens is 1. The Morgan fingerprint density at radius 3 is 2.85 bits per heavy atom. The molecule has 1 aliphatic rings. The molecule has 0 radical (unpaired) electrons. The number of nitrogens with zero attached hydrogens (tertiary/aromatic N) is 1. The van der Waals surface area contributed by atoms with Crippen LogP contribution in [0.25, 0.3) is 0 Å². The number of ether oxygens (including phenoxy) is 1. The van der Waals surface area contributed by atoms with Crippen LogP contribution in [0.3, 0.4) is 0 Å². The van der Waals surface area contributed by atoms with E-state index in [1.165, 1.54) is 0 Å². The van der Waals surface area contributed by atoms with Gasteiger partial charge in [0.15, 0.2) is 0 Å². The van der Waals surface area contributed by atoms with E-state index in [1.807, 2.05) is 18.3 Å². The Labute approximate surface area is 136 Å². The van der Waals surface area contributed by atoms with Gasteiger partial charge in [-0.2, -0.15) is 0 Å². The van der Waals surface area contributed by atoms with Gasteiger partial charge in [0.25, 0.3) is 0 Å². The molecule has 0 amide bonds. The van der Waals surface area contributed by atoms with Crippen LogP contribution in [0.1, 0.15) is 12.0 Å². The summed E-state index contributed by atoms with van der Waals surface area (Å²) in [4.78, 5) is 6.13. The first kappa shape index (κ1) is 17.5. The van der Waals surface area contributed by atoms with Gasteiger partial charge in [0.05, 0.1) is 13.2 Å². The second-order valence-electron chi connectivity index (χ2n) is 4.48. The summed E-state index contributed by atoms with van der Waals surface area (Å²) in [5.41, 5.74) is 0.902. The molecule has 1 aliphatic heterocycles. The molecule has 0 aromatic carbocycles. The Bertz CT molecular complexity index is 475. The lowest BCUT2D eigenvalue weighted by atomic mass is 10.2. The summed E-state index contributed by atoms with van der Waals surface area (Å²) in [7, 11) is 0. The van der Waals surface area contributed by atoms with Gasteiger partial charge in [-0.25, -0.2) is 0 Å². The zero-order chi connectivity index (χ0) is 13.5. The Balaban J connectivity index is 0.00000200. The molecule has 1 saturated heterocycles. The fourth-order valence-corrected chi connectivity index (χ4v) is 2.60. The molecule has 0 aliphatic carbocycles. The number of hydrogen-bond donors (Lipinski definition) is 2.